The summed E-state index contributed by atoms with van der Waals surface area (Å²) in [6.45, 7) is -0.113. The van der Waals surface area contributed by atoms with Crippen LogP contribution in [0.1, 0.15) is 16.7 Å². The standard InChI is InChI=1S/C27H20ClF3N2O7S/c28-19-3-2-18(27(29,30)31)10-25(19)41(35,36)33(12-15-1-4-21-22(7-15)40-14-39-21)13-17-8-16-9-23-24(38-6-5-37-23)11-20(16)32-26(17)34/h1-4,7-11H,5-6,12-14H2,(H,32,34). The van der Waals surface area contributed by atoms with Gasteiger partial charge >= 0.3 is 6.18 Å². The fraction of sp³-hybridized carbons (Fsp3) is 0.222. The Kier molecular flexibility index (Phi) is 6.75. The number of pyridine rings is 1. The third-order valence-electron chi connectivity index (χ3n) is 6.60. The summed E-state index contributed by atoms with van der Waals surface area (Å²) >= 11 is 6.13. The molecule has 9 nitrogen and oxygen atoms in total. The molecule has 0 radical (unpaired) electrons. The third kappa shape index (κ3) is 5.27. The lowest BCUT2D eigenvalue weighted by Crippen LogP contribution is -2.33. The molecule has 0 saturated carbocycles. The molecule has 0 bridgehead atoms. The van der Waals surface area contributed by atoms with Crippen LogP contribution in [0.5, 0.6) is 23.0 Å². The quantitative estimate of drug-likeness (QED) is 0.325. The summed E-state index contributed by atoms with van der Waals surface area (Å²) in [4.78, 5) is 15.1. The number of hydrogen-bond acceptors (Lipinski definition) is 7. The van der Waals surface area contributed by atoms with E-state index < -0.39 is 43.8 Å². The van der Waals surface area contributed by atoms with E-state index in [1.54, 1.807) is 30.3 Å². The Balaban J connectivity index is 1.44. The number of fused-ring (bicyclic) bond motifs is 3. The van der Waals surface area contributed by atoms with E-state index >= 15 is 0 Å². The first-order valence-corrected chi connectivity index (χ1v) is 14.0. The lowest BCUT2D eigenvalue weighted by atomic mass is 10.1. The normalized spacial score (nSPS) is 14.6. The van der Waals surface area contributed by atoms with Crippen molar-refractivity contribution in [1.82, 2.24) is 9.29 Å². The zero-order chi connectivity index (χ0) is 28.9. The van der Waals surface area contributed by atoms with E-state index in [4.69, 9.17) is 30.5 Å². The fourth-order valence-corrected chi connectivity index (χ4v) is 6.49. The number of nitrogens with one attached hydrogen (secondary N) is 1. The Morgan fingerprint density at radius 3 is 2.32 bits per heavy atom. The molecule has 0 aliphatic carbocycles. The molecule has 0 atom stereocenters. The Labute approximate surface area is 236 Å². The number of hydrogen-bond donors (Lipinski definition) is 1. The van der Waals surface area contributed by atoms with Gasteiger partial charge in [0.1, 0.15) is 18.1 Å². The molecule has 41 heavy (non-hydrogen) atoms. The van der Waals surface area contributed by atoms with E-state index in [9.17, 15) is 26.4 Å². The van der Waals surface area contributed by atoms with E-state index in [0.29, 0.717) is 64.8 Å². The number of halogens is 4. The maximum atomic E-state index is 13.9. The van der Waals surface area contributed by atoms with Crippen molar-refractivity contribution in [3.05, 3.63) is 86.7 Å². The van der Waals surface area contributed by atoms with Gasteiger partial charge in [0, 0.05) is 30.1 Å². The number of rotatable bonds is 6. The summed E-state index contributed by atoms with van der Waals surface area (Å²) in [6.07, 6.45) is -4.81. The number of nitrogens with zero attached hydrogens (tertiary/aromatic N) is 1. The molecule has 0 amide bonds. The van der Waals surface area contributed by atoms with Gasteiger partial charge in [0.05, 0.1) is 16.1 Å². The van der Waals surface area contributed by atoms with E-state index in [0.717, 1.165) is 10.4 Å². The van der Waals surface area contributed by atoms with Gasteiger partial charge < -0.3 is 23.9 Å². The van der Waals surface area contributed by atoms with Crippen LogP contribution in [0.15, 0.2) is 64.3 Å². The summed E-state index contributed by atoms with van der Waals surface area (Å²) in [5, 5.41) is 0.145. The summed E-state index contributed by atoms with van der Waals surface area (Å²) in [6, 6.07) is 11.6. The molecule has 6 rings (SSSR count). The van der Waals surface area contributed by atoms with Crippen molar-refractivity contribution in [2.24, 2.45) is 0 Å². The molecule has 2 aliphatic heterocycles. The van der Waals surface area contributed by atoms with Crippen molar-refractivity contribution in [3.8, 4) is 23.0 Å². The zero-order valence-electron chi connectivity index (χ0n) is 21.0. The van der Waals surface area contributed by atoms with Crippen LogP contribution in [-0.2, 0) is 29.3 Å². The Bertz CT molecular complexity index is 1840. The van der Waals surface area contributed by atoms with Gasteiger partial charge in [-0.15, -0.1) is 0 Å². The van der Waals surface area contributed by atoms with E-state index in [2.05, 4.69) is 4.98 Å². The fourth-order valence-electron chi connectivity index (χ4n) is 4.58. The van der Waals surface area contributed by atoms with Gasteiger partial charge in [-0.05, 0) is 48.0 Å². The predicted octanol–water partition coefficient (Wildman–Crippen LogP) is 5.09. The molecule has 4 aromatic rings. The monoisotopic (exact) mass is 608 g/mol. The van der Waals surface area contributed by atoms with Crippen LogP contribution < -0.4 is 24.5 Å². The molecule has 0 saturated heterocycles. The highest BCUT2D eigenvalue weighted by Gasteiger charge is 2.35. The van der Waals surface area contributed by atoms with Crippen LogP contribution in [0.3, 0.4) is 0 Å². The second-order valence-electron chi connectivity index (χ2n) is 9.31. The highest BCUT2D eigenvalue weighted by Crippen LogP contribution is 2.37. The van der Waals surface area contributed by atoms with Crippen LogP contribution in [-0.4, -0.2) is 37.7 Å². The predicted molar refractivity (Wildman–Crippen MR) is 141 cm³/mol. The number of aromatic amines is 1. The Morgan fingerprint density at radius 1 is 0.854 bits per heavy atom. The lowest BCUT2D eigenvalue weighted by Gasteiger charge is -2.24. The van der Waals surface area contributed by atoms with Gasteiger partial charge in [0.25, 0.3) is 5.56 Å². The Hall–Kier alpha value is -3.94. The largest absolute Gasteiger partial charge is 0.486 e. The minimum absolute atomic E-state index is 0.00837. The molecular formula is C27H20ClF3N2O7S. The van der Waals surface area contributed by atoms with Gasteiger partial charge in [-0.1, -0.05) is 17.7 Å². The average Bonchev–Trinajstić information content (AvgIpc) is 3.39. The second kappa shape index (κ2) is 10.2. The third-order valence-corrected chi connectivity index (χ3v) is 8.88. The number of aromatic nitrogens is 1. The minimum Gasteiger partial charge on any atom is -0.486 e. The lowest BCUT2D eigenvalue weighted by molar-refractivity contribution is -0.137. The van der Waals surface area contributed by atoms with E-state index in [1.165, 1.54) is 6.07 Å². The molecule has 1 aromatic heterocycles. The molecule has 0 spiro atoms. The zero-order valence-corrected chi connectivity index (χ0v) is 22.5. The second-order valence-corrected chi connectivity index (χ2v) is 11.6. The first-order valence-electron chi connectivity index (χ1n) is 12.2. The van der Waals surface area contributed by atoms with Crippen LogP contribution in [0.4, 0.5) is 13.2 Å². The molecule has 0 unspecified atom stereocenters. The molecule has 1 N–H and O–H groups in total. The average molecular weight is 609 g/mol. The number of sulfonamides is 1. The van der Waals surface area contributed by atoms with Crippen LogP contribution in [0.25, 0.3) is 10.9 Å². The summed E-state index contributed by atoms with van der Waals surface area (Å²) in [5.74, 6) is 1.76. The summed E-state index contributed by atoms with van der Waals surface area (Å²) in [7, 11) is -4.68. The minimum atomic E-state index is -4.81. The number of alkyl halides is 3. The van der Waals surface area contributed by atoms with Gasteiger partial charge in [-0.2, -0.15) is 17.5 Å². The van der Waals surface area contributed by atoms with Crippen molar-refractivity contribution in [1.29, 1.82) is 0 Å². The highest BCUT2D eigenvalue weighted by atomic mass is 35.5. The summed E-state index contributed by atoms with van der Waals surface area (Å²) < 4.78 is 91.0. The molecular weight excluding hydrogens is 589 g/mol. The molecule has 14 heteroatoms. The Morgan fingerprint density at radius 2 is 1.56 bits per heavy atom. The molecule has 3 aromatic carbocycles. The highest BCUT2D eigenvalue weighted by molar-refractivity contribution is 7.89. The van der Waals surface area contributed by atoms with Crippen molar-refractivity contribution >= 4 is 32.5 Å². The summed E-state index contributed by atoms with van der Waals surface area (Å²) in [5.41, 5.74) is -0.845. The maximum Gasteiger partial charge on any atom is 0.416 e. The SMILES string of the molecule is O=c1[nH]c2cc3c(cc2cc1CN(Cc1ccc2c(c1)OCO2)S(=O)(=O)c1cc(C(F)(F)F)ccc1Cl)OCCO3. The molecule has 214 valence electrons. The van der Waals surface area contributed by atoms with Crippen molar-refractivity contribution in [2.45, 2.75) is 24.2 Å². The molecule has 0 fully saturated rings. The maximum absolute atomic E-state index is 13.9. The number of ether oxygens (including phenoxy) is 4. The van der Waals surface area contributed by atoms with Gasteiger partial charge in [0.15, 0.2) is 23.0 Å². The molecule has 2 aliphatic rings. The first-order chi connectivity index (χ1) is 19.5. The van der Waals surface area contributed by atoms with Gasteiger partial charge in [-0.25, -0.2) is 8.42 Å². The number of H-pyrrole nitrogens is 1. The van der Waals surface area contributed by atoms with Crippen LogP contribution in [0, 0.1) is 0 Å². The van der Waals surface area contributed by atoms with E-state index in [1.807, 2.05) is 0 Å². The van der Waals surface area contributed by atoms with Crippen molar-refractivity contribution in [2.75, 3.05) is 20.0 Å². The van der Waals surface area contributed by atoms with Crippen molar-refractivity contribution in [3.63, 3.8) is 0 Å². The van der Waals surface area contributed by atoms with Gasteiger partial charge in [-0.3, -0.25) is 4.79 Å². The van der Waals surface area contributed by atoms with E-state index in [-0.39, 0.29) is 18.9 Å². The van der Waals surface area contributed by atoms with Crippen LogP contribution in [0.2, 0.25) is 5.02 Å². The first kappa shape index (κ1) is 27.2. The smallest absolute Gasteiger partial charge is 0.416 e. The number of benzene rings is 3. The van der Waals surface area contributed by atoms with Crippen LogP contribution >= 0.6 is 11.6 Å². The van der Waals surface area contributed by atoms with Crippen molar-refractivity contribution < 1.29 is 40.5 Å². The van der Waals surface area contributed by atoms with Gasteiger partial charge in [0.2, 0.25) is 16.8 Å². The molecule has 3 heterocycles. The topological polar surface area (TPSA) is 107 Å².